The fourth-order valence-electron chi connectivity index (χ4n) is 3.42. The van der Waals surface area contributed by atoms with Gasteiger partial charge in [0.1, 0.15) is 0 Å². The van der Waals surface area contributed by atoms with Crippen molar-refractivity contribution in [2.24, 2.45) is 0 Å². The molecule has 1 nitrogen and oxygen atoms in total. The number of hydrogen-bond donors (Lipinski definition) is 0. The van der Waals surface area contributed by atoms with Crippen LogP contribution in [0.4, 0.5) is 39.5 Å². The van der Waals surface area contributed by atoms with E-state index in [2.05, 4.69) is 0 Å². The molecule has 11 heteroatoms. The summed E-state index contributed by atoms with van der Waals surface area (Å²) in [4.78, 5) is 0. The van der Waals surface area contributed by atoms with E-state index in [0.717, 1.165) is 25.7 Å². The van der Waals surface area contributed by atoms with E-state index in [4.69, 9.17) is 3.07 Å². The summed E-state index contributed by atoms with van der Waals surface area (Å²) >= 11 is -4.07. The first-order valence-electron chi connectivity index (χ1n) is 10.5. The summed E-state index contributed by atoms with van der Waals surface area (Å²) in [7, 11) is 0. The van der Waals surface area contributed by atoms with Crippen molar-refractivity contribution in [3.05, 3.63) is 0 Å². The Hall–Kier alpha value is 0.129. The minimum absolute atomic E-state index is 0.00113. The van der Waals surface area contributed by atoms with Crippen LogP contribution in [0.5, 0.6) is 0 Å². The number of halogens is 9. The van der Waals surface area contributed by atoms with Crippen molar-refractivity contribution in [1.29, 1.82) is 0 Å². The molecule has 0 aliphatic carbocycles. The molecule has 0 aromatic carbocycles. The molecular formula is C19H33F9OSn. The molecule has 0 bridgehead atoms. The fourth-order valence-corrected chi connectivity index (χ4v) is 15.5. The van der Waals surface area contributed by atoms with E-state index in [1.54, 1.807) is 0 Å². The Morgan fingerprint density at radius 3 is 1.23 bits per heavy atom. The molecule has 0 saturated carbocycles. The van der Waals surface area contributed by atoms with Crippen molar-refractivity contribution < 1.29 is 42.6 Å². The maximum atomic E-state index is 12.6. The van der Waals surface area contributed by atoms with Gasteiger partial charge in [0.25, 0.3) is 0 Å². The van der Waals surface area contributed by atoms with Crippen LogP contribution in [0, 0.1) is 0 Å². The average Bonchev–Trinajstić information content (AvgIpc) is 2.54. The standard InChI is InChI=1S/C7H15O.3C4H6F3.Sn/c1-2-3-4-5-6-7-8;3*1-2-3-4(5,6)7;/h2-7H2,1H3;3*1-3H2;/q-1;;;;+1. The third-order valence-electron chi connectivity index (χ3n) is 4.93. The van der Waals surface area contributed by atoms with Gasteiger partial charge in [-0.2, -0.15) is 0 Å². The van der Waals surface area contributed by atoms with Gasteiger partial charge >= 0.3 is 177 Å². The summed E-state index contributed by atoms with van der Waals surface area (Å²) in [6.45, 7) is 2.24. The van der Waals surface area contributed by atoms with Crippen molar-refractivity contribution >= 4 is 18.8 Å². The van der Waals surface area contributed by atoms with E-state index in [1.807, 2.05) is 6.92 Å². The van der Waals surface area contributed by atoms with Crippen molar-refractivity contribution in [3.63, 3.8) is 0 Å². The Kier molecular flexibility index (Phi) is 14.4. The molecule has 0 N–H and O–H groups in total. The molecule has 0 heterocycles. The molecule has 0 aliphatic heterocycles. The van der Waals surface area contributed by atoms with Crippen LogP contribution in [0.25, 0.3) is 0 Å². The first kappa shape index (κ1) is 30.1. The number of hydrogen-bond acceptors (Lipinski definition) is 1. The Morgan fingerprint density at radius 2 is 0.900 bits per heavy atom. The second-order valence-corrected chi connectivity index (χ2v) is 19.7. The van der Waals surface area contributed by atoms with Crippen molar-refractivity contribution in [2.45, 2.75) is 109 Å². The van der Waals surface area contributed by atoms with Gasteiger partial charge in [0.15, 0.2) is 0 Å². The topological polar surface area (TPSA) is 9.23 Å². The third-order valence-corrected chi connectivity index (χ3v) is 18.1. The van der Waals surface area contributed by atoms with E-state index in [-0.39, 0.29) is 39.2 Å². The molecule has 30 heavy (non-hydrogen) atoms. The SMILES string of the molecule is CCCCCCC[O][Sn]([CH2]CCC(F)(F)F)([CH2]CCC(F)(F)F)[CH2]CCC(F)(F)F. The van der Waals surface area contributed by atoms with E-state index in [9.17, 15) is 39.5 Å². The number of rotatable bonds is 16. The zero-order valence-electron chi connectivity index (χ0n) is 17.4. The monoisotopic (exact) mass is 568 g/mol. The van der Waals surface area contributed by atoms with E-state index in [0.29, 0.717) is 6.42 Å². The van der Waals surface area contributed by atoms with Crippen LogP contribution in [0.1, 0.15) is 77.6 Å². The van der Waals surface area contributed by atoms with Crippen molar-refractivity contribution in [2.75, 3.05) is 6.61 Å². The van der Waals surface area contributed by atoms with Crippen LogP contribution < -0.4 is 0 Å². The van der Waals surface area contributed by atoms with Gasteiger partial charge in [0.05, 0.1) is 0 Å². The Labute approximate surface area is 177 Å². The van der Waals surface area contributed by atoms with Crippen LogP contribution in [0.2, 0.25) is 13.3 Å². The molecule has 0 radical (unpaired) electrons. The van der Waals surface area contributed by atoms with Crippen LogP contribution in [-0.4, -0.2) is 43.9 Å². The molecule has 0 spiro atoms. The number of unbranched alkanes of at least 4 members (excludes halogenated alkanes) is 4. The van der Waals surface area contributed by atoms with E-state index in [1.165, 1.54) is 0 Å². The average molecular weight is 567 g/mol. The van der Waals surface area contributed by atoms with E-state index >= 15 is 0 Å². The van der Waals surface area contributed by atoms with Gasteiger partial charge in [0.2, 0.25) is 0 Å². The predicted octanol–water partition coefficient (Wildman–Crippen LogP) is 8.95. The molecule has 0 aliphatic rings. The van der Waals surface area contributed by atoms with Crippen molar-refractivity contribution in [1.82, 2.24) is 0 Å². The second kappa shape index (κ2) is 14.3. The normalized spacial score (nSPS) is 13.8. The summed E-state index contributed by atoms with van der Waals surface area (Å²) in [6.07, 6.45) is -13.0. The summed E-state index contributed by atoms with van der Waals surface area (Å²) in [5, 5.41) is 0. The first-order chi connectivity index (χ1) is 13.7. The second-order valence-electron chi connectivity index (χ2n) is 7.85. The summed E-state index contributed by atoms with van der Waals surface area (Å²) in [6, 6.07) is 0. The summed E-state index contributed by atoms with van der Waals surface area (Å²) in [5.74, 6) is 0. The molecule has 182 valence electrons. The third kappa shape index (κ3) is 18.9. The quantitative estimate of drug-likeness (QED) is 0.103. The zero-order valence-corrected chi connectivity index (χ0v) is 20.3. The van der Waals surface area contributed by atoms with E-state index < -0.39 is 56.6 Å². The van der Waals surface area contributed by atoms with Gasteiger partial charge in [-0.1, -0.05) is 0 Å². The predicted molar refractivity (Wildman–Crippen MR) is 101 cm³/mol. The molecular weight excluding hydrogens is 534 g/mol. The molecule has 0 unspecified atom stereocenters. The molecule has 0 aromatic heterocycles. The van der Waals surface area contributed by atoms with Crippen LogP contribution >= 0.6 is 0 Å². The number of alkyl halides is 9. The molecule has 0 aromatic rings. The summed E-state index contributed by atoms with van der Waals surface area (Å²) in [5.41, 5.74) is 0. The van der Waals surface area contributed by atoms with Crippen LogP contribution in [0.3, 0.4) is 0 Å². The van der Waals surface area contributed by atoms with Crippen LogP contribution in [0.15, 0.2) is 0 Å². The van der Waals surface area contributed by atoms with Crippen LogP contribution in [-0.2, 0) is 3.07 Å². The molecule has 0 atom stereocenters. The van der Waals surface area contributed by atoms with Gasteiger partial charge < -0.3 is 0 Å². The zero-order chi connectivity index (χ0) is 23.3. The van der Waals surface area contributed by atoms with Gasteiger partial charge in [-0.25, -0.2) is 0 Å². The van der Waals surface area contributed by atoms with Crippen molar-refractivity contribution in [3.8, 4) is 0 Å². The Bertz CT molecular complexity index is 383. The van der Waals surface area contributed by atoms with Gasteiger partial charge in [0, 0.05) is 0 Å². The molecule has 0 amide bonds. The fraction of sp³-hybridized carbons (Fsp3) is 1.00. The van der Waals surface area contributed by atoms with Gasteiger partial charge in [-0.05, 0) is 0 Å². The van der Waals surface area contributed by atoms with Gasteiger partial charge in [-0.3, -0.25) is 0 Å². The molecule has 0 saturated heterocycles. The minimum atomic E-state index is -4.41. The molecule has 0 rings (SSSR count). The Morgan fingerprint density at radius 1 is 0.533 bits per heavy atom. The first-order valence-corrected chi connectivity index (χ1v) is 17.7. The summed E-state index contributed by atoms with van der Waals surface area (Å²) < 4.78 is 119. The maximum absolute atomic E-state index is 12.6. The Balaban J connectivity index is 5.08. The molecule has 0 fully saturated rings. The van der Waals surface area contributed by atoms with Gasteiger partial charge in [-0.15, -0.1) is 0 Å².